The number of nitrogens with zero attached hydrogens (tertiary/aromatic N) is 2. The second-order valence-electron chi connectivity index (χ2n) is 4.23. The number of hydrogen-bond donors (Lipinski definition) is 1. The molecule has 4 nitrogen and oxygen atoms in total. The maximum Gasteiger partial charge on any atom is 0.227 e. The predicted molar refractivity (Wildman–Crippen MR) is 76.1 cm³/mol. The third kappa shape index (κ3) is 2.79. The van der Waals surface area contributed by atoms with Gasteiger partial charge in [-0.3, -0.25) is 0 Å². The van der Waals surface area contributed by atoms with Crippen LogP contribution in [0.3, 0.4) is 0 Å². The monoisotopic (exact) mass is 263 g/mol. The fourth-order valence-electron chi connectivity index (χ4n) is 1.57. The molecule has 2 heterocycles. The summed E-state index contributed by atoms with van der Waals surface area (Å²) in [4.78, 5) is 10.6. The quantitative estimate of drug-likeness (QED) is 0.842. The molecule has 0 saturated carbocycles. The molecule has 18 heavy (non-hydrogen) atoms. The van der Waals surface area contributed by atoms with Gasteiger partial charge in [-0.25, -0.2) is 4.98 Å². The molecule has 0 aliphatic carbocycles. The number of anilines is 1. The Kier molecular flexibility index (Phi) is 3.81. The Hall–Kier alpha value is -1.62. The van der Waals surface area contributed by atoms with E-state index in [1.807, 2.05) is 6.92 Å². The number of thiophene rings is 1. The van der Waals surface area contributed by atoms with Crippen LogP contribution in [0.1, 0.15) is 25.1 Å². The molecule has 0 aliphatic heterocycles. The number of rotatable bonds is 5. The van der Waals surface area contributed by atoms with Crippen LogP contribution in [-0.4, -0.2) is 16.6 Å². The van der Waals surface area contributed by atoms with Crippen LogP contribution in [0.4, 0.5) is 5.95 Å². The highest BCUT2D eigenvalue weighted by molar-refractivity contribution is 7.18. The zero-order valence-corrected chi connectivity index (χ0v) is 11.5. The maximum atomic E-state index is 5.69. The first-order valence-corrected chi connectivity index (χ1v) is 6.75. The van der Waals surface area contributed by atoms with E-state index in [-0.39, 0.29) is 5.95 Å². The van der Waals surface area contributed by atoms with Gasteiger partial charge >= 0.3 is 0 Å². The van der Waals surface area contributed by atoms with Crippen LogP contribution >= 0.6 is 11.3 Å². The molecule has 0 saturated heterocycles. The van der Waals surface area contributed by atoms with Gasteiger partial charge in [0.1, 0.15) is 4.83 Å². The Morgan fingerprint density at radius 2 is 2.28 bits per heavy atom. The van der Waals surface area contributed by atoms with Crippen LogP contribution in [0.25, 0.3) is 10.2 Å². The SMILES string of the molecule is C=C(C)CCOc1nc(N)nc2sc(CC)cc12. The number of fused-ring (bicyclic) bond motifs is 1. The van der Waals surface area contributed by atoms with Crippen LogP contribution in [0.5, 0.6) is 5.88 Å². The highest BCUT2D eigenvalue weighted by Crippen LogP contribution is 2.31. The lowest BCUT2D eigenvalue weighted by Crippen LogP contribution is -2.02. The summed E-state index contributed by atoms with van der Waals surface area (Å²) in [6, 6.07) is 2.08. The van der Waals surface area contributed by atoms with Gasteiger partial charge in [0.25, 0.3) is 0 Å². The smallest absolute Gasteiger partial charge is 0.227 e. The van der Waals surface area contributed by atoms with Crippen molar-refractivity contribution < 1.29 is 4.74 Å². The Bertz CT molecular complexity index is 577. The van der Waals surface area contributed by atoms with Crippen molar-refractivity contribution in [3.05, 3.63) is 23.1 Å². The number of aryl methyl sites for hydroxylation is 1. The molecule has 96 valence electrons. The number of aromatic nitrogens is 2. The van der Waals surface area contributed by atoms with E-state index in [2.05, 4.69) is 29.5 Å². The van der Waals surface area contributed by atoms with Crippen LogP contribution in [0.15, 0.2) is 18.2 Å². The van der Waals surface area contributed by atoms with Crippen molar-refractivity contribution in [2.75, 3.05) is 12.3 Å². The minimum absolute atomic E-state index is 0.261. The van der Waals surface area contributed by atoms with Gasteiger partial charge in [0.2, 0.25) is 11.8 Å². The van der Waals surface area contributed by atoms with Gasteiger partial charge < -0.3 is 10.5 Å². The summed E-state index contributed by atoms with van der Waals surface area (Å²) in [5.41, 5.74) is 6.78. The van der Waals surface area contributed by atoms with Crippen molar-refractivity contribution in [2.45, 2.75) is 26.7 Å². The second-order valence-corrected chi connectivity index (χ2v) is 5.34. The largest absolute Gasteiger partial charge is 0.477 e. The van der Waals surface area contributed by atoms with Crippen molar-refractivity contribution in [1.82, 2.24) is 9.97 Å². The Morgan fingerprint density at radius 1 is 1.50 bits per heavy atom. The minimum Gasteiger partial charge on any atom is -0.477 e. The molecule has 2 N–H and O–H groups in total. The molecular weight excluding hydrogens is 246 g/mol. The van der Waals surface area contributed by atoms with E-state index in [9.17, 15) is 0 Å². The molecule has 0 aliphatic rings. The average Bonchev–Trinajstić information content (AvgIpc) is 2.71. The summed E-state index contributed by atoms with van der Waals surface area (Å²) in [7, 11) is 0. The van der Waals surface area contributed by atoms with Crippen molar-refractivity contribution in [1.29, 1.82) is 0 Å². The van der Waals surface area contributed by atoms with Crippen molar-refractivity contribution >= 4 is 27.5 Å². The molecule has 0 amide bonds. The second kappa shape index (κ2) is 5.35. The number of ether oxygens (including phenoxy) is 1. The number of hydrogen-bond acceptors (Lipinski definition) is 5. The summed E-state index contributed by atoms with van der Waals surface area (Å²) in [5.74, 6) is 0.840. The molecule has 0 bridgehead atoms. The molecule has 0 atom stereocenters. The molecule has 0 aromatic carbocycles. The Labute approximate surface area is 111 Å². The highest BCUT2D eigenvalue weighted by Gasteiger charge is 2.11. The third-order valence-corrected chi connectivity index (χ3v) is 3.72. The van der Waals surface area contributed by atoms with Crippen molar-refractivity contribution in [3.8, 4) is 5.88 Å². The Morgan fingerprint density at radius 3 is 2.94 bits per heavy atom. The topological polar surface area (TPSA) is 61.0 Å². The van der Waals surface area contributed by atoms with Crippen LogP contribution in [0, 0.1) is 0 Å². The van der Waals surface area contributed by atoms with Gasteiger partial charge in [-0.1, -0.05) is 12.5 Å². The van der Waals surface area contributed by atoms with Gasteiger partial charge in [-0.2, -0.15) is 4.98 Å². The normalized spacial score (nSPS) is 10.8. The molecule has 2 aromatic rings. The van der Waals surface area contributed by atoms with Crippen molar-refractivity contribution in [3.63, 3.8) is 0 Å². The molecule has 0 unspecified atom stereocenters. The highest BCUT2D eigenvalue weighted by atomic mass is 32.1. The van der Waals surface area contributed by atoms with Crippen LogP contribution < -0.4 is 10.5 Å². The summed E-state index contributed by atoms with van der Waals surface area (Å²) in [6.07, 6.45) is 1.79. The van der Waals surface area contributed by atoms with Gasteiger partial charge in [0, 0.05) is 11.3 Å². The van der Waals surface area contributed by atoms with E-state index >= 15 is 0 Å². The zero-order chi connectivity index (χ0) is 13.1. The summed E-state index contributed by atoms with van der Waals surface area (Å²) in [5, 5.41) is 0.952. The summed E-state index contributed by atoms with van der Waals surface area (Å²) in [6.45, 7) is 8.51. The summed E-state index contributed by atoms with van der Waals surface area (Å²) >= 11 is 1.64. The lowest BCUT2D eigenvalue weighted by molar-refractivity contribution is 0.314. The van der Waals surface area contributed by atoms with Crippen molar-refractivity contribution in [2.24, 2.45) is 0 Å². The van der Waals surface area contributed by atoms with Gasteiger partial charge in [-0.05, 0) is 19.4 Å². The zero-order valence-electron chi connectivity index (χ0n) is 10.7. The first kappa shape index (κ1) is 12.8. The van der Waals surface area contributed by atoms with E-state index in [0.717, 1.165) is 28.6 Å². The first-order valence-electron chi connectivity index (χ1n) is 5.93. The van der Waals surface area contributed by atoms with E-state index < -0.39 is 0 Å². The van der Waals surface area contributed by atoms with Gasteiger partial charge in [0.05, 0.1) is 12.0 Å². The van der Waals surface area contributed by atoms with E-state index in [1.54, 1.807) is 11.3 Å². The molecular formula is C13H17N3OS. The molecule has 2 aromatic heterocycles. The summed E-state index contributed by atoms with van der Waals surface area (Å²) < 4.78 is 5.68. The van der Waals surface area contributed by atoms with E-state index in [0.29, 0.717) is 12.5 Å². The molecule has 0 radical (unpaired) electrons. The van der Waals surface area contributed by atoms with E-state index in [1.165, 1.54) is 4.88 Å². The lowest BCUT2D eigenvalue weighted by atomic mass is 10.3. The van der Waals surface area contributed by atoms with E-state index in [4.69, 9.17) is 10.5 Å². The lowest BCUT2D eigenvalue weighted by Gasteiger charge is -2.06. The average molecular weight is 263 g/mol. The van der Waals surface area contributed by atoms with Crippen LogP contribution in [0.2, 0.25) is 0 Å². The molecule has 2 rings (SSSR count). The molecule has 0 fully saturated rings. The fourth-order valence-corrected chi connectivity index (χ4v) is 2.53. The van der Waals surface area contributed by atoms with Gasteiger partial charge in [-0.15, -0.1) is 17.9 Å². The third-order valence-electron chi connectivity index (χ3n) is 2.54. The Balaban J connectivity index is 2.29. The standard InChI is InChI=1S/C13H17N3OS/c1-4-9-7-10-11(17-6-5-8(2)3)15-13(14)16-12(10)18-9/h7H,2,4-6H2,1,3H3,(H2,14,15,16). The number of nitrogens with two attached hydrogens (primary N) is 1. The predicted octanol–water partition coefficient (Wildman–Crippen LogP) is 3.18. The van der Waals surface area contributed by atoms with Gasteiger partial charge in [0.15, 0.2) is 0 Å². The maximum absolute atomic E-state index is 5.69. The fraction of sp³-hybridized carbons (Fsp3) is 0.385. The first-order chi connectivity index (χ1) is 8.60. The molecule has 5 heteroatoms. The number of nitrogen functional groups attached to an aromatic ring is 1. The minimum atomic E-state index is 0.261. The van der Waals surface area contributed by atoms with Crippen LogP contribution in [-0.2, 0) is 6.42 Å². The molecule has 0 spiro atoms.